The van der Waals surface area contributed by atoms with Crippen LogP contribution in [0.25, 0.3) is 0 Å². The predicted molar refractivity (Wildman–Crippen MR) is 48.4 cm³/mol. The topological polar surface area (TPSA) is 34.0 Å². The summed E-state index contributed by atoms with van der Waals surface area (Å²) in [7, 11) is 0. The van der Waals surface area contributed by atoms with Gasteiger partial charge in [-0.15, -0.1) is 0 Å². The van der Waals surface area contributed by atoms with Crippen LogP contribution in [0.5, 0.6) is 0 Å². The van der Waals surface area contributed by atoms with E-state index in [4.69, 9.17) is 0 Å². The Balaban J connectivity index is 2.15. The van der Waals surface area contributed by atoms with Gasteiger partial charge >= 0.3 is 0 Å². The number of hydrogen-bond donors (Lipinski definition) is 2. The second kappa shape index (κ2) is 3.55. The molecule has 0 aromatic carbocycles. The molecule has 0 spiro atoms. The highest BCUT2D eigenvalue weighted by atomic mass is 15.3. The van der Waals surface area contributed by atoms with E-state index in [0.717, 1.165) is 5.92 Å². The molecule has 1 saturated heterocycles. The van der Waals surface area contributed by atoms with Crippen LogP contribution in [0, 0.1) is 5.92 Å². The fraction of sp³-hybridized carbons (Fsp3) is 1.00. The zero-order valence-electron chi connectivity index (χ0n) is 8.02. The molecular weight excluding hydrogens is 136 g/mol. The summed E-state index contributed by atoms with van der Waals surface area (Å²) in [6.07, 6.45) is 1.84. The van der Waals surface area contributed by atoms with Gasteiger partial charge in [-0.1, -0.05) is 20.3 Å². The first-order valence-corrected chi connectivity index (χ1v) is 4.67. The SMILES string of the molecule is CCC(C)C(C)NC1NC1C. The highest BCUT2D eigenvalue weighted by Gasteiger charge is 2.32. The van der Waals surface area contributed by atoms with Gasteiger partial charge in [0.05, 0.1) is 6.17 Å². The van der Waals surface area contributed by atoms with E-state index in [1.54, 1.807) is 0 Å². The molecule has 4 atom stereocenters. The Kier molecular flexibility index (Phi) is 2.90. The van der Waals surface area contributed by atoms with Crippen LogP contribution in [0.2, 0.25) is 0 Å². The van der Waals surface area contributed by atoms with Crippen LogP contribution in [-0.2, 0) is 0 Å². The van der Waals surface area contributed by atoms with Crippen LogP contribution in [0.3, 0.4) is 0 Å². The Labute approximate surface area is 69.8 Å². The number of hydrogen-bond acceptors (Lipinski definition) is 2. The van der Waals surface area contributed by atoms with Crippen molar-refractivity contribution in [2.45, 2.75) is 52.4 Å². The smallest absolute Gasteiger partial charge is 0.0733 e. The summed E-state index contributed by atoms with van der Waals surface area (Å²) in [6.45, 7) is 9.01. The molecule has 2 N–H and O–H groups in total. The van der Waals surface area contributed by atoms with E-state index >= 15 is 0 Å². The van der Waals surface area contributed by atoms with Crippen LogP contribution in [0.4, 0.5) is 0 Å². The quantitative estimate of drug-likeness (QED) is 0.602. The molecule has 0 bridgehead atoms. The molecule has 11 heavy (non-hydrogen) atoms. The van der Waals surface area contributed by atoms with Crippen LogP contribution < -0.4 is 10.6 Å². The average molecular weight is 156 g/mol. The molecular formula is C9H20N2. The van der Waals surface area contributed by atoms with Gasteiger partial charge in [0, 0.05) is 12.1 Å². The Morgan fingerprint density at radius 1 is 1.45 bits per heavy atom. The zero-order valence-corrected chi connectivity index (χ0v) is 8.02. The van der Waals surface area contributed by atoms with E-state index in [1.807, 2.05) is 0 Å². The van der Waals surface area contributed by atoms with Gasteiger partial charge < -0.3 is 0 Å². The molecule has 2 heteroatoms. The Hall–Kier alpha value is -0.0800. The lowest BCUT2D eigenvalue weighted by atomic mass is 10.0. The van der Waals surface area contributed by atoms with Crippen molar-refractivity contribution in [1.29, 1.82) is 0 Å². The second-order valence-corrected chi connectivity index (χ2v) is 3.77. The molecule has 1 fully saturated rings. The fourth-order valence-electron chi connectivity index (χ4n) is 1.22. The van der Waals surface area contributed by atoms with Crippen molar-refractivity contribution in [2.75, 3.05) is 0 Å². The van der Waals surface area contributed by atoms with Crippen LogP contribution in [-0.4, -0.2) is 18.2 Å². The molecule has 0 aromatic rings. The Morgan fingerprint density at radius 3 is 2.36 bits per heavy atom. The summed E-state index contributed by atoms with van der Waals surface area (Å²) in [5, 5.41) is 6.87. The summed E-state index contributed by atoms with van der Waals surface area (Å²) in [5.74, 6) is 0.782. The third-order valence-electron chi connectivity index (χ3n) is 2.77. The molecule has 1 rings (SSSR count). The molecule has 66 valence electrons. The summed E-state index contributed by atoms with van der Waals surface area (Å²) in [4.78, 5) is 0. The first-order valence-electron chi connectivity index (χ1n) is 4.67. The maximum atomic E-state index is 3.54. The largest absolute Gasteiger partial charge is 0.298 e. The van der Waals surface area contributed by atoms with Gasteiger partial charge in [-0.25, -0.2) is 0 Å². The zero-order chi connectivity index (χ0) is 8.43. The van der Waals surface area contributed by atoms with E-state index in [1.165, 1.54) is 6.42 Å². The number of rotatable bonds is 4. The van der Waals surface area contributed by atoms with Crippen molar-refractivity contribution in [3.05, 3.63) is 0 Å². The standard InChI is InChI=1S/C9H20N2/c1-5-6(2)7(3)10-9-8(4)11-9/h6-11H,5H2,1-4H3. The van der Waals surface area contributed by atoms with Crippen molar-refractivity contribution < 1.29 is 0 Å². The van der Waals surface area contributed by atoms with Crippen LogP contribution >= 0.6 is 0 Å². The molecule has 0 aliphatic carbocycles. The van der Waals surface area contributed by atoms with E-state index in [0.29, 0.717) is 18.2 Å². The van der Waals surface area contributed by atoms with Gasteiger partial charge in [-0.2, -0.15) is 0 Å². The molecule has 1 aliphatic rings. The molecule has 0 amide bonds. The van der Waals surface area contributed by atoms with Crippen molar-refractivity contribution in [2.24, 2.45) is 5.92 Å². The van der Waals surface area contributed by atoms with E-state index in [-0.39, 0.29) is 0 Å². The van der Waals surface area contributed by atoms with Crippen molar-refractivity contribution in [3.63, 3.8) is 0 Å². The van der Waals surface area contributed by atoms with Gasteiger partial charge in [0.1, 0.15) is 0 Å². The normalized spacial score (nSPS) is 34.9. The van der Waals surface area contributed by atoms with Gasteiger partial charge in [0.15, 0.2) is 0 Å². The monoisotopic (exact) mass is 156 g/mol. The predicted octanol–water partition coefficient (Wildman–Crippen LogP) is 1.33. The lowest BCUT2D eigenvalue weighted by Gasteiger charge is -2.19. The van der Waals surface area contributed by atoms with Gasteiger partial charge in [-0.05, 0) is 19.8 Å². The third-order valence-corrected chi connectivity index (χ3v) is 2.77. The summed E-state index contributed by atoms with van der Waals surface area (Å²) >= 11 is 0. The third kappa shape index (κ3) is 2.46. The maximum Gasteiger partial charge on any atom is 0.0733 e. The minimum absolute atomic E-state index is 0.582. The average Bonchev–Trinajstić information content (AvgIpc) is 2.65. The molecule has 4 unspecified atom stereocenters. The van der Waals surface area contributed by atoms with Crippen LogP contribution in [0.1, 0.15) is 34.1 Å². The molecule has 1 heterocycles. The summed E-state index contributed by atoms with van der Waals surface area (Å²) in [6, 6.07) is 1.32. The van der Waals surface area contributed by atoms with E-state index < -0.39 is 0 Å². The van der Waals surface area contributed by atoms with Crippen molar-refractivity contribution in [3.8, 4) is 0 Å². The molecule has 0 aromatic heterocycles. The molecule has 0 saturated carbocycles. The highest BCUT2D eigenvalue weighted by Crippen LogP contribution is 2.12. The Bertz CT molecular complexity index is 125. The lowest BCUT2D eigenvalue weighted by molar-refractivity contribution is 0.384. The highest BCUT2D eigenvalue weighted by molar-refractivity contribution is 4.93. The van der Waals surface area contributed by atoms with E-state index in [2.05, 4.69) is 38.3 Å². The molecule has 1 aliphatic heterocycles. The fourth-order valence-corrected chi connectivity index (χ4v) is 1.22. The number of nitrogens with one attached hydrogen (secondary N) is 2. The first-order chi connectivity index (χ1) is 5.15. The second-order valence-electron chi connectivity index (χ2n) is 3.77. The minimum atomic E-state index is 0.582. The first kappa shape index (κ1) is 9.01. The minimum Gasteiger partial charge on any atom is -0.298 e. The van der Waals surface area contributed by atoms with E-state index in [9.17, 15) is 0 Å². The van der Waals surface area contributed by atoms with Gasteiger partial charge in [0.25, 0.3) is 0 Å². The molecule has 0 radical (unpaired) electrons. The van der Waals surface area contributed by atoms with Gasteiger partial charge in [-0.3, -0.25) is 10.6 Å². The lowest BCUT2D eigenvalue weighted by Crippen LogP contribution is -2.35. The van der Waals surface area contributed by atoms with Crippen molar-refractivity contribution in [1.82, 2.24) is 10.6 Å². The molecule has 2 nitrogen and oxygen atoms in total. The van der Waals surface area contributed by atoms with Gasteiger partial charge in [0.2, 0.25) is 0 Å². The summed E-state index contributed by atoms with van der Waals surface area (Å²) < 4.78 is 0. The Morgan fingerprint density at radius 2 is 2.00 bits per heavy atom. The summed E-state index contributed by atoms with van der Waals surface area (Å²) in [5.41, 5.74) is 0. The maximum absolute atomic E-state index is 3.54. The van der Waals surface area contributed by atoms with Crippen molar-refractivity contribution >= 4 is 0 Å². The van der Waals surface area contributed by atoms with Crippen LogP contribution in [0.15, 0.2) is 0 Å².